The molecule has 0 amide bonds. The number of aryl methyl sites for hydroxylation is 1. The van der Waals surface area contributed by atoms with Crippen LogP contribution in [0.2, 0.25) is 0 Å². The summed E-state index contributed by atoms with van der Waals surface area (Å²) in [5.74, 6) is -5.87. The van der Waals surface area contributed by atoms with Crippen molar-refractivity contribution in [3.63, 3.8) is 0 Å². The SMILES string of the molecule is Cc1cccc(CN2CCC3(CC2)CC(Oc2ncccc2F)CO3)n1.O=C(O)C(F)(F)F.O=C(O)C(F)(F)F. The van der Waals surface area contributed by atoms with E-state index in [4.69, 9.17) is 29.3 Å². The van der Waals surface area contributed by atoms with Crippen molar-refractivity contribution in [2.75, 3.05) is 19.7 Å². The molecule has 4 rings (SSSR count). The Balaban J connectivity index is 0.000000333. The normalized spacial score (nSPS) is 18.6. The van der Waals surface area contributed by atoms with Crippen LogP contribution >= 0.6 is 0 Å². The average Bonchev–Trinajstić information content (AvgIpc) is 3.24. The van der Waals surface area contributed by atoms with Gasteiger partial charge in [0, 0.05) is 37.9 Å². The van der Waals surface area contributed by atoms with Crippen LogP contribution < -0.4 is 4.74 Å². The van der Waals surface area contributed by atoms with Gasteiger partial charge in [-0.25, -0.2) is 19.0 Å². The van der Waals surface area contributed by atoms with Gasteiger partial charge in [0.1, 0.15) is 6.10 Å². The molecule has 0 saturated carbocycles. The number of alkyl halides is 6. The van der Waals surface area contributed by atoms with Gasteiger partial charge in [0.2, 0.25) is 0 Å². The predicted octanol–water partition coefficient (Wildman–Crippen LogP) is 4.39. The Morgan fingerprint density at radius 2 is 1.62 bits per heavy atom. The van der Waals surface area contributed by atoms with Crippen molar-refractivity contribution in [2.24, 2.45) is 0 Å². The molecule has 2 saturated heterocycles. The molecule has 2 aromatic heterocycles. The Labute approximate surface area is 223 Å². The van der Waals surface area contributed by atoms with Crippen LogP contribution in [-0.2, 0) is 20.9 Å². The van der Waals surface area contributed by atoms with Gasteiger partial charge in [0.05, 0.1) is 17.9 Å². The zero-order valence-electron chi connectivity index (χ0n) is 21.0. The summed E-state index contributed by atoms with van der Waals surface area (Å²) < 4.78 is 89.0. The maximum atomic E-state index is 13.7. The highest BCUT2D eigenvalue weighted by atomic mass is 19.4. The van der Waals surface area contributed by atoms with Crippen LogP contribution in [0.4, 0.5) is 30.7 Å². The first-order valence-electron chi connectivity index (χ1n) is 11.7. The number of aliphatic carboxylic acids is 2. The zero-order chi connectivity index (χ0) is 30.1. The predicted molar refractivity (Wildman–Crippen MR) is 123 cm³/mol. The van der Waals surface area contributed by atoms with Gasteiger partial charge in [-0.3, -0.25) is 9.88 Å². The lowest BCUT2D eigenvalue weighted by molar-refractivity contribution is -0.193. The summed E-state index contributed by atoms with van der Waals surface area (Å²) in [5.41, 5.74) is 2.02. The number of hydrogen-bond acceptors (Lipinski definition) is 7. The van der Waals surface area contributed by atoms with Gasteiger partial charge in [-0.05, 0) is 44.0 Å². The van der Waals surface area contributed by atoms with E-state index in [-0.39, 0.29) is 17.6 Å². The molecule has 2 aliphatic heterocycles. The lowest BCUT2D eigenvalue weighted by atomic mass is 9.88. The third kappa shape index (κ3) is 10.6. The molecular formula is C24H26F7N3O6. The second-order valence-electron chi connectivity index (χ2n) is 8.88. The van der Waals surface area contributed by atoms with Gasteiger partial charge in [0.25, 0.3) is 5.88 Å². The van der Waals surface area contributed by atoms with Crippen LogP contribution in [0.25, 0.3) is 0 Å². The maximum absolute atomic E-state index is 13.7. The molecule has 4 heterocycles. The van der Waals surface area contributed by atoms with Gasteiger partial charge in [-0.1, -0.05) is 6.07 Å². The number of carboxylic acid groups (broad SMARTS) is 2. The molecule has 2 aliphatic rings. The number of likely N-dealkylation sites (tertiary alicyclic amines) is 1. The Hall–Kier alpha value is -3.53. The summed E-state index contributed by atoms with van der Waals surface area (Å²) in [6.45, 7) is 5.33. The van der Waals surface area contributed by atoms with E-state index in [9.17, 15) is 30.7 Å². The number of ether oxygens (including phenoxy) is 2. The maximum Gasteiger partial charge on any atom is 0.490 e. The van der Waals surface area contributed by atoms with Crippen LogP contribution in [0, 0.1) is 12.7 Å². The number of hydrogen-bond donors (Lipinski definition) is 2. The third-order valence-corrected chi connectivity index (χ3v) is 5.76. The molecule has 0 aliphatic carbocycles. The van der Waals surface area contributed by atoms with Crippen LogP contribution in [-0.4, -0.2) is 80.8 Å². The van der Waals surface area contributed by atoms with Crippen molar-refractivity contribution in [2.45, 2.75) is 56.8 Å². The van der Waals surface area contributed by atoms with Crippen LogP contribution in [0.15, 0.2) is 36.5 Å². The quantitative estimate of drug-likeness (QED) is 0.503. The van der Waals surface area contributed by atoms with Gasteiger partial charge < -0.3 is 19.7 Å². The lowest BCUT2D eigenvalue weighted by Crippen LogP contribution is -2.44. The largest absolute Gasteiger partial charge is 0.490 e. The van der Waals surface area contributed by atoms with Crippen LogP contribution in [0.1, 0.15) is 30.7 Å². The Kier molecular flexibility index (Phi) is 11.2. The van der Waals surface area contributed by atoms with E-state index in [1.54, 1.807) is 12.3 Å². The van der Waals surface area contributed by atoms with Crippen LogP contribution in [0.5, 0.6) is 5.88 Å². The fourth-order valence-corrected chi connectivity index (χ4v) is 3.88. The van der Waals surface area contributed by atoms with Crippen molar-refractivity contribution in [1.82, 2.24) is 14.9 Å². The number of halogens is 7. The zero-order valence-corrected chi connectivity index (χ0v) is 21.0. The molecule has 2 N–H and O–H groups in total. The first kappa shape index (κ1) is 32.7. The third-order valence-electron chi connectivity index (χ3n) is 5.76. The molecule has 0 bridgehead atoms. The number of aromatic nitrogens is 2. The Morgan fingerprint density at radius 1 is 1.05 bits per heavy atom. The lowest BCUT2D eigenvalue weighted by Gasteiger charge is -2.38. The van der Waals surface area contributed by atoms with Crippen LogP contribution in [0.3, 0.4) is 0 Å². The summed E-state index contributed by atoms with van der Waals surface area (Å²) in [4.78, 5) is 28.8. The van der Waals surface area contributed by atoms with Crippen molar-refractivity contribution in [1.29, 1.82) is 0 Å². The number of nitrogens with zero attached hydrogens (tertiary/aromatic N) is 3. The van der Waals surface area contributed by atoms with E-state index >= 15 is 0 Å². The number of rotatable bonds is 4. The standard InChI is InChI=1S/C20H24FN3O2.2C2HF3O2/c1-15-4-2-5-16(23-15)13-24-10-7-20(8-11-24)12-17(14-25-20)26-19-18(21)6-3-9-22-19;2*3-2(4,5)1(6)7/h2-6,9,17H,7-8,10-14H2,1H3;2*(H,6,7). The summed E-state index contributed by atoms with van der Waals surface area (Å²) >= 11 is 0. The molecule has 1 unspecified atom stereocenters. The highest BCUT2D eigenvalue weighted by Crippen LogP contribution is 2.37. The highest BCUT2D eigenvalue weighted by molar-refractivity contribution is 5.73. The van der Waals surface area contributed by atoms with E-state index in [1.165, 1.54) is 6.07 Å². The number of carboxylic acids is 2. The van der Waals surface area contributed by atoms with Crippen molar-refractivity contribution < 1.29 is 60.0 Å². The van der Waals surface area contributed by atoms with Gasteiger partial charge >= 0.3 is 24.3 Å². The van der Waals surface area contributed by atoms with Crippen molar-refractivity contribution in [3.05, 3.63) is 53.7 Å². The minimum atomic E-state index is -5.08. The van der Waals surface area contributed by atoms with Gasteiger partial charge in [-0.2, -0.15) is 26.3 Å². The molecular weight excluding hydrogens is 559 g/mol. The topological polar surface area (TPSA) is 122 Å². The van der Waals surface area contributed by atoms with E-state index < -0.39 is 30.1 Å². The highest BCUT2D eigenvalue weighted by Gasteiger charge is 2.44. The number of carbonyl (C=O) groups is 2. The fourth-order valence-electron chi connectivity index (χ4n) is 3.88. The minimum absolute atomic E-state index is 0.0705. The summed E-state index contributed by atoms with van der Waals surface area (Å²) in [7, 11) is 0. The molecule has 222 valence electrons. The number of piperidine rings is 1. The molecule has 1 spiro atoms. The van der Waals surface area contributed by atoms with Crippen molar-refractivity contribution in [3.8, 4) is 5.88 Å². The second kappa shape index (κ2) is 13.7. The van der Waals surface area contributed by atoms with Gasteiger partial charge in [-0.15, -0.1) is 0 Å². The molecule has 9 nitrogen and oxygen atoms in total. The first-order chi connectivity index (χ1) is 18.5. The summed E-state index contributed by atoms with van der Waals surface area (Å²) in [5, 5.41) is 14.2. The molecule has 16 heteroatoms. The summed E-state index contributed by atoms with van der Waals surface area (Å²) in [6, 6.07) is 9.08. The van der Waals surface area contributed by atoms with E-state index in [0.717, 1.165) is 50.3 Å². The summed E-state index contributed by atoms with van der Waals surface area (Å²) in [6.07, 6.45) is -6.04. The second-order valence-corrected chi connectivity index (χ2v) is 8.88. The smallest absolute Gasteiger partial charge is 0.475 e. The molecule has 2 aromatic rings. The molecule has 2 fully saturated rings. The van der Waals surface area contributed by atoms with Crippen molar-refractivity contribution >= 4 is 11.9 Å². The van der Waals surface area contributed by atoms with Gasteiger partial charge in [0.15, 0.2) is 5.82 Å². The van der Waals surface area contributed by atoms with E-state index in [0.29, 0.717) is 6.61 Å². The van der Waals surface area contributed by atoms with E-state index in [2.05, 4.69) is 27.0 Å². The molecule has 0 aromatic carbocycles. The molecule has 0 radical (unpaired) electrons. The minimum Gasteiger partial charge on any atom is -0.475 e. The molecule has 1 atom stereocenters. The Bertz CT molecular complexity index is 1110. The molecule has 40 heavy (non-hydrogen) atoms. The van der Waals surface area contributed by atoms with E-state index in [1.807, 2.05) is 13.0 Å². The monoisotopic (exact) mass is 585 g/mol. The number of pyridine rings is 2. The Morgan fingerprint density at radius 3 is 2.12 bits per heavy atom. The fraction of sp³-hybridized carbons (Fsp3) is 0.500. The first-order valence-corrected chi connectivity index (χ1v) is 11.7. The average molecular weight is 585 g/mol.